The van der Waals surface area contributed by atoms with Gasteiger partial charge in [-0.25, -0.2) is 0 Å². The number of benzene rings is 1. The summed E-state index contributed by atoms with van der Waals surface area (Å²) in [7, 11) is 0. The Bertz CT molecular complexity index is 296. The lowest BCUT2D eigenvalue weighted by Gasteiger charge is -2.08. The van der Waals surface area contributed by atoms with Gasteiger partial charge in [0.05, 0.1) is 0 Å². The first kappa shape index (κ1) is 8.83. The minimum Gasteiger partial charge on any atom is -0.324 e. The normalized spacial score (nSPS) is 12.1. The number of rotatable bonds is 2. The van der Waals surface area contributed by atoms with Gasteiger partial charge in [-0.15, -0.1) is 6.42 Å². The molecule has 1 atom stereocenters. The molecule has 0 aliphatic carbocycles. The zero-order chi connectivity index (χ0) is 8.97. The van der Waals surface area contributed by atoms with Gasteiger partial charge >= 0.3 is 0 Å². The van der Waals surface area contributed by atoms with E-state index in [0.29, 0.717) is 0 Å². The Morgan fingerprint density at radius 1 is 1.58 bits per heavy atom. The molecule has 12 heavy (non-hydrogen) atoms. The quantitative estimate of drug-likeness (QED) is 0.657. The third-order valence-corrected chi connectivity index (χ3v) is 1.92. The molecule has 1 heteroatoms. The minimum atomic E-state index is 0.110. The second-order valence-electron chi connectivity index (χ2n) is 2.78. The van der Waals surface area contributed by atoms with Crippen LogP contribution in [0.15, 0.2) is 24.3 Å². The summed E-state index contributed by atoms with van der Waals surface area (Å²) >= 11 is 0. The van der Waals surface area contributed by atoms with E-state index in [0.717, 1.165) is 17.5 Å². The monoisotopic (exact) mass is 159 g/mol. The van der Waals surface area contributed by atoms with Crippen molar-refractivity contribution in [2.45, 2.75) is 19.4 Å². The molecule has 0 unspecified atom stereocenters. The van der Waals surface area contributed by atoms with Gasteiger partial charge < -0.3 is 5.73 Å². The Morgan fingerprint density at radius 2 is 2.33 bits per heavy atom. The summed E-state index contributed by atoms with van der Waals surface area (Å²) in [5, 5.41) is 0. The zero-order valence-corrected chi connectivity index (χ0v) is 7.25. The number of hydrogen-bond donors (Lipinski definition) is 1. The van der Waals surface area contributed by atoms with Gasteiger partial charge in [0.2, 0.25) is 0 Å². The molecule has 0 aromatic heterocycles. The highest BCUT2D eigenvalue weighted by atomic mass is 14.6. The topological polar surface area (TPSA) is 26.0 Å². The van der Waals surface area contributed by atoms with Crippen LogP contribution in [0.1, 0.15) is 30.5 Å². The molecule has 0 aliphatic heterocycles. The van der Waals surface area contributed by atoms with E-state index >= 15 is 0 Å². The van der Waals surface area contributed by atoms with E-state index in [1.165, 1.54) is 0 Å². The van der Waals surface area contributed by atoms with Gasteiger partial charge in [-0.05, 0) is 24.1 Å². The molecule has 0 saturated carbocycles. The highest BCUT2D eigenvalue weighted by Gasteiger charge is 2.01. The molecule has 0 aliphatic rings. The SMILES string of the molecule is C#Cc1cccc([C@H](N)CC)c1. The molecule has 1 rings (SSSR count). The molecule has 0 saturated heterocycles. The molecule has 1 nitrogen and oxygen atoms in total. The van der Waals surface area contributed by atoms with Crippen molar-refractivity contribution in [3.8, 4) is 12.3 Å². The van der Waals surface area contributed by atoms with Crippen molar-refractivity contribution in [2.24, 2.45) is 5.73 Å². The summed E-state index contributed by atoms with van der Waals surface area (Å²) in [5.74, 6) is 2.59. The van der Waals surface area contributed by atoms with Crippen molar-refractivity contribution in [1.82, 2.24) is 0 Å². The van der Waals surface area contributed by atoms with Crippen molar-refractivity contribution in [2.75, 3.05) is 0 Å². The second-order valence-corrected chi connectivity index (χ2v) is 2.78. The smallest absolute Gasteiger partial charge is 0.0292 e. The van der Waals surface area contributed by atoms with E-state index < -0.39 is 0 Å². The van der Waals surface area contributed by atoms with Gasteiger partial charge in [0.1, 0.15) is 0 Å². The molecule has 0 fully saturated rings. The van der Waals surface area contributed by atoms with Crippen LogP contribution >= 0.6 is 0 Å². The summed E-state index contributed by atoms with van der Waals surface area (Å²) in [5.41, 5.74) is 7.87. The maximum Gasteiger partial charge on any atom is 0.0292 e. The molecule has 0 heterocycles. The van der Waals surface area contributed by atoms with Crippen LogP contribution in [0.25, 0.3) is 0 Å². The zero-order valence-electron chi connectivity index (χ0n) is 7.25. The lowest BCUT2D eigenvalue weighted by atomic mass is 10.0. The number of hydrogen-bond acceptors (Lipinski definition) is 1. The summed E-state index contributed by atoms with van der Waals surface area (Å²) in [6.07, 6.45) is 6.21. The highest BCUT2D eigenvalue weighted by molar-refractivity contribution is 5.36. The van der Waals surface area contributed by atoms with Crippen molar-refractivity contribution in [1.29, 1.82) is 0 Å². The molecule has 0 radical (unpaired) electrons. The molecule has 2 N–H and O–H groups in total. The van der Waals surface area contributed by atoms with Gasteiger partial charge in [-0.1, -0.05) is 25.0 Å². The third kappa shape index (κ3) is 1.87. The average molecular weight is 159 g/mol. The van der Waals surface area contributed by atoms with Crippen molar-refractivity contribution >= 4 is 0 Å². The molecular weight excluding hydrogens is 146 g/mol. The second kappa shape index (κ2) is 3.94. The summed E-state index contributed by atoms with van der Waals surface area (Å²) in [4.78, 5) is 0. The molecule has 1 aromatic carbocycles. The fraction of sp³-hybridized carbons (Fsp3) is 0.273. The van der Waals surface area contributed by atoms with Crippen molar-refractivity contribution < 1.29 is 0 Å². The van der Waals surface area contributed by atoms with E-state index in [2.05, 4.69) is 12.8 Å². The first-order chi connectivity index (χ1) is 5.77. The summed E-state index contributed by atoms with van der Waals surface area (Å²) < 4.78 is 0. The fourth-order valence-electron chi connectivity index (χ4n) is 1.09. The predicted molar refractivity (Wildman–Crippen MR) is 51.6 cm³/mol. The number of nitrogens with two attached hydrogens (primary N) is 1. The van der Waals surface area contributed by atoms with Crippen LogP contribution in [0.5, 0.6) is 0 Å². The van der Waals surface area contributed by atoms with Crippen LogP contribution in [-0.2, 0) is 0 Å². The van der Waals surface area contributed by atoms with Gasteiger partial charge in [0, 0.05) is 11.6 Å². The molecule has 1 aromatic rings. The molecule has 0 spiro atoms. The summed E-state index contributed by atoms with van der Waals surface area (Å²) in [6, 6.07) is 7.94. The number of terminal acetylenes is 1. The van der Waals surface area contributed by atoms with Gasteiger partial charge in [0.15, 0.2) is 0 Å². The van der Waals surface area contributed by atoms with E-state index in [9.17, 15) is 0 Å². The van der Waals surface area contributed by atoms with E-state index in [4.69, 9.17) is 12.2 Å². The fourth-order valence-corrected chi connectivity index (χ4v) is 1.09. The van der Waals surface area contributed by atoms with Crippen LogP contribution < -0.4 is 5.73 Å². The van der Waals surface area contributed by atoms with Crippen LogP contribution in [-0.4, -0.2) is 0 Å². The van der Waals surface area contributed by atoms with E-state index in [-0.39, 0.29) is 6.04 Å². The maximum absolute atomic E-state index is 5.85. The average Bonchev–Trinajstić information content (AvgIpc) is 2.17. The maximum atomic E-state index is 5.85. The van der Waals surface area contributed by atoms with Gasteiger partial charge in [-0.3, -0.25) is 0 Å². The van der Waals surface area contributed by atoms with Crippen molar-refractivity contribution in [3.63, 3.8) is 0 Å². The Balaban J connectivity index is 2.95. The lowest BCUT2D eigenvalue weighted by molar-refractivity contribution is 0.698. The first-order valence-electron chi connectivity index (χ1n) is 4.10. The van der Waals surface area contributed by atoms with E-state index in [1.54, 1.807) is 0 Å². The van der Waals surface area contributed by atoms with Gasteiger partial charge in [0.25, 0.3) is 0 Å². The standard InChI is InChI=1S/C11H13N/c1-3-9-6-5-7-10(8-9)11(12)4-2/h1,5-8,11H,4,12H2,2H3/t11-/m1/s1. The van der Waals surface area contributed by atoms with Crippen LogP contribution in [0.2, 0.25) is 0 Å². The third-order valence-electron chi connectivity index (χ3n) is 1.92. The molecule has 0 amide bonds. The van der Waals surface area contributed by atoms with Crippen LogP contribution in [0.3, 0.4) is 0 Å². The van der Waals surface area contributed by atoms with Crippen LogP contribution in [0.4, 0.5) is 0 Å². The Hall–Kier alpha value is -1.26. The minimum absolute atomic E-state index is 0.110. The molecule has 0 bridgehead atoms. The Labute approximate surface area is 73.6 Å². The van der Waals surface area contributed by atoms with E-state index in [1.807, 2.05) is 24.3 Å². The molecular formula is C11H13N. The Morgan fingerprint density at radius 3 is 2.92 bits per heavy atom. The first-order valence-corrected chi connectivity index (χ1v) is 4.10. The lowest BCUT2D eigenvalue weighted by Crippen LogP contribution is -2.08. The molecule has 62 valence electrons. The van der Waals surface area contributed by atoms with Gasteiger partial charge in [-0.2, -0.15) is 0 Å². The highest BCUT2D eigenvalue weighted by Crippen LogP contribution is 2.14. The largest absolute Gasteiger partial charge is 0.324 e. The Kier molecular flexibility index (Phi) is 2.90. The predicted octanol–water partition coefficient (Wildman–Crippen LogP) is 2.08. The van der Waals surface area contributed by atoms with Crippen molar-refractivity contribution in [3.05, 3.63) is 35.4 Å². The van der Waals surface area contributed by atoms with Crippen LogP contribution in [0, 0.1) is 12.3 Å². The summed E-state index contributed by atoms with van der Waals surface area (Å²) in [6.45, 7) is 2.06.